The molecule has 0 amide bonds. The molecule has 1 heterocycles. The molecule has 0 aliphatic carbocycles. The number of benzene rings is 1. The summed E-state index contributed by atoms with van der Waals surface area (Å²) in [5, 5.41) is 30.7. The number of nitrogens with one attached hydrogen (secondary N) is 1. The minimum Gasteiger partial charge on any atom is -0.361 e. The van der Waals surface area contributed by atoms with Crippen LogP contribution in [-0.2, 0) is 0 Å². The average molecular weight is 422 g/mol. The smallest absolute Gasteiger partial charge is 0.157 e. The van der Waals surface area contributed by atoms with Gasteiger partial charge in [0.25, 0.3) is 0 Å². The van der Waals surface area contributed by atoms with Crippen LogP contribution < -0.4 is 5.32 Å². The van der Waals surface area contributed by atoms with Gasteiger partial charge in [0.1, 0.15) is 11.9 Å². The summed E-state index contributed by atoms with van der Waals surface area (Å²) < 4.78 is 28.1. The van der Waals surface area contributed by atoms with Gasteiger partial charge in [-0.15, -0.1) is 0 Å². The van der Waals surface area contributed by atoms with Crippen molar-refractivity contribution in [3.05, 3.63) is 54.9 Å². The van der Waals surface area contributed by atoms with Gasteiger partial charge < -0.3 is 5.32 Å². The number of halogens is 3. The number of nitrogens with zero attached hydrogens (tertiary/aromatic N) is 3. The van der Waals surface area contributed by atoms with Gasteiger partial charge in [-0.05, 0) is 42.5 Å². The van der Waals surface area contributed by atoms with E-state index < -0.39 is 17.6 Å². The second kappa shape index (κ2) is 6.36. The highest BCUT2D eigenvalue weighted by Gasteiger charge is 2.33. The monoisotopic (exact) mass is 422 g/mol. The summed E-state index contributed by atoms with van der Waals surface area (Å²) in [4.78, 5) is 0. The Kier molecular flexibility index (Phi) is 4.68. The lowest BCUT2D eigenvalue weighted by Crippen LogP contribution is -2.24. The van der Waals surface area contributed by atoms with Crippen molar-refractivity contribution in [3.8, 4) is 18.2 Å². The first kappa shape index (κ1) is 16.9. The molecule has 0 spiro atoms. The summed E-state index contributed by atoms with van der Waals surface area (Å²) in [6.07, 6.45) is 0. The molecule has 0 atom stereocenters. The minimum absolute atomic E-state index is 0.0550. The fourth-order valence-electron chi connectivity index (χ4n) is 2.52. The van der Waals surface area contributed by atoms with Crippen molar-refractivity contribution in [3.63, 3.8) is 0 Å². The van der Waals surface area contributed by atoms with Crippen molar-refractivity contribution >= 4 is 22.6 Å². The number of hydrogen-bond donors (Lipinski definition) is 1. The van der Waals surface area contributed by atoms with Crippen LogP contribution in [0.3, 0.4) is 0 Å². The van der Waals surface area contributed by atoms with E-state index >= 15 is 0 Å². The normalized spacial score (nSPS) is 14.9. The summed E-state index contributed by atoms with van der Waals surface area (Å²) in [5.74, 6) is -2.77. The average Bonchev–Trinajstić information content (AvgIpc) is 2.52. The maximum Gasteiger partial charge on any atom is 0.157 e. The number of dihydropyridines is 1. The second-order valence-corrected chi connectivity index (χ2v) is 6.00. The molecule has 0 bridgehead atoms. The van der Waals surface area contributed by atoms with Gasteiger partial charge in [-0.2, -0.15) is 15.8 Å². The molecule has 0 unspecified atom stereocenters. The van der Waals surface area contributed by atoms with Crippen molar-refractivity contribution in [2.75, 3.05) is 0 Å². The molecule has 1 N–H and O–H groups in total. The van der Waals surface area contributed by atoms with Crippen molar-refractivity contribution in [1.82, 2.24) is 5.32 Å². The van der Waals surface area contributed by atoms with Gasteiger partial charge in [0.2, 0.25) is 0 Å². The Morgan fingerprint density at radius 1 is 1.00 bits per heavy atom. The molecular weight excluding hydrogens is 413 g/mol. The standard InChI is InChI=1S/C16H9F2IN4/c1-7-11(5-21)13(12(6-22)8(2)23-7)10-3-9(4-20)14(17)16(19)15(10)18/h3,13,23H,1-2H3. The van der Waals surface area contributed by atoms with Gasteiger partial charge in [-0.1, -0.05) is 0 Å². The Bertz CT molecular complexity index is 859. The number of allylic oxidation sites excluding steroid dienone is 4. The van der Waals surface area contributed by atoms with Gasteiger partial charge in [-0.25, -0.2) is 8.78 Å². The molecule has 1 aromatic carbocycles. The summed E-state index contributed by atoms with van der Waals surface area (Å²) in [6, 6.07) is 6.68. The Balaban J connectivity index is 2.85. The zero-order chi connectivity index (χ0) is 17.3. The van der Waals surface area contributed by atoms with Crippen molar-refractivity contribution in [2.45, 2.75) is 19.8 Å². The third-order valence-electron chi connectivity index (χ3n) is 3.61. The Hall–Kier alpha value is -2.44. The number of hydrogen-bond acceptors (Lipinski definition) is 4. The highest BCUT2D eigenvalue weighted by atomic mass is 127. The zero-order valence-corrected chi connectivity index (χ0v) is 14.3. The first-order valence-corrected chi connectivity index (χ1v) is 7.51. The number of nitriles is 3. The van der Waals surface area contributed by atoms with Crippen LogP contribution in [0.2, 0.25) is 0 Å². The summed E-state index contributed by atoms with van der Waals surface area (Å²) in [7, 11) is 0. The third-order valence-corrected chi connectivity index (χ3v) is 4.55. The molecule has 0 fully saturated rings. The maximum atomic E-state index is 14.6. The van der Waals surface area contributed by atoms with Crippen LogP contribution in [0.15, 0.2) is 28.6 Å². The highest BCUT2D eigenvalue weighted by molar-refractivity contribution is 14.1. The van der Waals surface area contributed by atoms with Crippen LogP contribution in [0.5, 0.6) is 0 Å². The minimum atomic E-state index is -0.965. The molecule has 1 aromatic rings. The fraction of sp³-hybridized carbons (Fsp3) is 0.188. The van der Waals surface area contributed by atoms with E-state index in [9.17, 15) is 19.3 Å². The quantitative estimate of drug-likeness (QED) is 0.553. The van der Waals surface area contributed by atoms with Crippen LogP contribution in [0.25, 0.3) is 0 Å². The first-order valence-electron chi connectivity index (χ1n) is 6.43. The van der Waals surface area contributed by atoms with Crippen LogP contribution in [0.4, 0.5) is 8.78 Å². The predicted molar refractivity (Wildman–Crippen MR) is 86.3 cm³/mol. The summed E-state index contributed by atoms with van der Waals surface area (Å²) in [6.45, 7) is 3.28. The number of rotatable bonds is 1. The highest BCUT2D eigenvalue weighted by Crippen LogP contribution is 2.40. The van der Waals surface area contributed by atoms with E-state index in [4.69, 9.17) is 5.26 Å². The van der Waals surface area contributed by atoms with Gasteiger partial charge in [0.15, 0.2) is 5.82 Å². The molecule has 23 heavy (non-hydrogen) atoms. The Labute approximate surface area is 145 Å². The summed E-state index contributed by atoms with van der Waals surface area (Å²) in [5.41, 5.74) is 0.932. The molecule has 114 valence electrons. The van der Waals surface area contributed by atoms with Gasteiger partial charge in [0, 0.05) is 17.0 Å². The molecule has 0 radical (unpaired) electrons. The SMILES string of the molecule is CC1=C(C#N)C(c2cc(C#N)c(F)c(I)c2F)C(C#N)=C(C)N1. The van der Waals surface area contributed by atoms with Crippen molar-refractivity contribution in [1.29, 1.82) is 15.8 Å². The fourth-order valence-corrected chi connectivity index (χ4v) is 3.12. The third kappa shape index (κ3) is 2.67. The lowest BCUT2D eigenvalue weighted by atomic mass is 9.81. The van der Waals surface area contributed by atoms with E-state index in [1.807, 2.05) is 12.1 Å². The lowest BCUT2D eigenvalue weighted by molar-refractivity contribution is 0.554. The first-order chi connectivity index (χ1) is 10.9. The van der Waals surface area contributed by atoms with Crippen molar-refractivity contribution < 1.29 is 8.78 Å². The maximum absolute atomic E-state index is 14.6. The Morgan fingerprint density at radius 3 is 1.96 bits per heavy atom. The molecule has 7 heteroatoms. The van der Waals surface area contributed by atoms with Crippen LogP contribution in [-0.4, -0.2) is 0 Å². The molecule has 0 saturated heterocycles. The van der Waals surface area contributed by atoms with E-state index in [0.29, 0.717) is 11.4 Å². The molecular formula is C16H9F2IN4. The summed E-state index contributed by atoms with van der Waals surface area (Å²) >= 11 is 1.47. The van der Waals surface area contributed by atoms with Gasteiger partial charge in [0.05, 0.1) is 38.3 Å². The van der Waals surface area contributed by atoms with Crippen molar-refractivity contribution in [2.24, 2.45) is 0 Å². The van der Waals surface area contributed by atoms with E-state index in [1.165, 1.54) is 22.6 Å². The topological polar surface area (TPSA) is 83.4 Å². The van der Waals surface area contributed by atoms with E-state index in [1.54, 1.807) is 19.9 Å². The van der Waals surface area contributed by atoms with Gasteiger partial charge in [-0.3, -0.25) is 0 Å². The Morgan fingerprint density at radius 2 is 1.52 bits per heavy atom. The van der Waals surface area contributed by atoms with E-state index in [-0.39, 0.29) is 25.8 Å². The molecule has 4 nitrogen and oxygen atoms in total. The predicted octanol–water partition coefficient (Wildman–Crippen LogP) is 3.72. The largest absolute Gasteiger partial charge is 0.361 e. The van der Waals surface area contributed by atoms with E-state index in [0.717, 1.165) is 6.07 Å². The van der Waals surface area contributed by atoms with E-state index in [2.05, 4.69) is 5.32 Å². The molecule has 1 aliphatic rings. The van der Waals surface area contributed by atoms with Crippen LogP contribution >= 0.6 is 22.6 Å². The molecule has 1 aliphatic heterocycles. The van der Waals surface area contributed by atoms with Crippen LogP contribution in [0, 0.1) is 49.2 Å². The van der Waals surface area contributed by atoms with Crippen LogP contribution in [0.1, 0.15) is 30.9 Å². The molecule has 0 aromatic heterocycles. The second-order valence-electron chi connectivity index (χ2n) is 4.93. The van der Waals surface area contributed by atoms with Gasteiger partial charge >= 0.3 is 0 Å². The molecule has 0 saturated carbocycles. The molecule has 2 rings (SSSR count). The zero-order valence-electron chi connectivity index (χ0n) is 12.1. The lowest BCUT2D eigenvalue weighted by Gasteiger charge is -2.26.